The number of nitrogens with one attached hydrogen (secondary N) is 1. The first-order valence-corrected chi connectivity index (χ1v) is 7.61. The molecule has 1 aromatic heterocycles. The molecule has 0 aliphatic carbocycles. The number of ether oxygens (including phenoxy) is 1. The quantitative estimate of drug-likeness (QED) is 0.809. The van der Waals surface area contributed by atoms with Crippen LogP contribution in [0.25, 0.3) is 10.9 Å². The van der Waals surface area contributed by atoms with Gasteiger partial charge in [0, 0.05) is 23.2 Å². The molecule has 1 saturated heterocycles. The number of hydrazine groups is 1. The molecule has 2 heterocycles. The van der Waals surface area contributed by atoms with E-state index in [1.807, 2.05) is 19.9 Å². The topological polar surface area (TPSA) is 87.6 Å². The molecule has 0 saturated carbocycles. The van der Waals surface area contributed by atoms with Gasteiger partial charge in [-0.3, -0.25) is 10.2 Å². The zero-order valence-electron chi connectivity index (χ0n) is 13.1. The highest BCUT2D eigenvalue weighted by atomic mass is 16.5. The molecule has 3 rings (SSSR count). The number of carbonyl (C=O) groups is 1. The summed E-state index contributed by atoms with van der Waals surface area (Å²) >= 11 is 0. The summed E-state index contributed by atoms with van der Waals surface area (Å²) in [6.07, 6.45) is 2.55. The molecule has 0 bridgehead atoms. The fourth-order valence-corrected chi connectivity index (χ4v) is 2.69. The van der Waals surface area contributed by atoms with Gasteiger partial charge in [-0.25, -0.2) is 15.0 Å². The normalized spacial score (nSPS) is 21.3. The Morgan fingerprint density at radius 1 is 1.43 bits per heavy atom. The summed E-state index contributed by atoms with van der Waals surface area (Å²) in [4.78, 5) is 20.7. The highest BCUT2D eigenvalue weighted by molar-refractivity contribution is 5.97. The maximum atomic E-state index is 12.5. The maximum Gasteiger partial charge on any atom is 0.265 e. The van der Waals surface area contributed by atoms with Crippen LogP contribution in [-0.2, 0) is 4.74 Å². The van der Waals surface area contributed by atoms with Crippen LogP contribution in [-0.4, -0.2) is 57.4 Å². The number of hydrogen-bond donors (Lipinski definition) is 2. The molecule has 1 aliphatic rings. The van der Waals surface area contributed by atoms with Crippen molar-refractivity contribution < 1.29 is 14.6 Å². The van der Waals surface area contributed by atoms with Crippen LogP contribution < -0.4 is 5.43 Å². The van der Waals surface area contributed by atoms with Gasteiger partial charge in [0.2, 0.25) is 0 Å². The lowest BCUT2D eigenvalue weighted by Crippen LogP contribution is -2.56. The molecule has 7 heteroatoms. The van der Waals surface area contributed by atoms with E-state index in [0.717, 1.165) is 5.39 Å². The Kier molecular flexibility index (Phi) is 4.51. The third-order valence-electron chi connectivity index (χ3n) is 3.94. The summed E-state index contributed by atoms with van der Waals surface area (Å²) in [5.41, 5.74) is 4.11. The SMILES string of the molecule is CC(C)N(NC(=O)c1ccc2cncnc2c1)[C@@H]1COC[C@H]1O. The first-order valence-electron chi connectivity index (χ1n) is 7.61. The van der Waals surface area contributed by atoms with Gasteiger partial charge in [-0.05, 0) is 26.0 Å². The molecule has 7 nitrogen and oxygen atoms in total. The Labute approximate surface area is 134 Å². The van der Waals surface area contributed by atoms with Gasteiger partial charge >= 0.3 is 0 Å². The average Bonchev–Trinajstić information content (AvgIpc) is 2.97. The summed E-state index contributed by atoms with van der Waals surface area (Å²) < 4.78 is 5.29. The van der Waals surface area contributed by atoms with E-state index in [9.17, 15) is 9.90 Å². The molecule has 0 radical (unpaired) electrons. The number of fused-ring (bicyclic) bond motifs is 1. The highest BCUT2D eigenvalue weighted by Crippen LogP contribution is 2.16. The predicted octanol–water partition coefficient (Wildman–Crippen LogP) is 0.745. The molecule has 2 aromatic rings. The predicted molar refractivity (Wildman–Crippen MR) is 84.6 cm³/mol. The molecule has 2 atom stereocenters. The minimum Gasteiger partial charge on any atom is -0.389 e. The molecule has 0 unspecified atom stereocenters. The van der Waals surface area contributed by atoms with Crippen LogP contribution in [0.2, 0.25) is 0 Å². The second-order valence-electron chi connectivity index (χ2n) is 5.91. The second kappa shape index (κ2) is 6.57. The molecular formula is C16H20N4O3. The van der Waals surface area contributed by atoms with Crippen LogP contribution in [0.15, 0.2) is 30.7 Å². The van der Waals surface area contributed by atoms with E-state index in [1.54, 1.807) is 23.3 Å². The monoisotopic (exact) mass is 316 g/mol. The number of aliphatic hydroxyl groups excluding tert-OH is 1. The van der Waals surface area contributed by atoms with E-state index in [0.29, 0.717) is 17.7 Å². The van der Waals surface area contributed by atoms with E-state index in [2.05, 4.69) is 15.4 Å². The summed E-state index contributed by atoms with van der Waals surface area (Å²) in [5.74, 6) is -0.238. The minimum atomic E-state index is -0.609. The van der Waals surface area contributed by atoms with Crippen LogP contribution in [0.3, 0.4) is 0 Å². The summed E-state index contributed by atoms with van der Waals surface area (Å²) in [5, 5.41) is 12.6. The standard InChI is InChI=1S/C16H20N4O3/c1-10(2)20(14-7-23-8-15(14)21)19-16(22)11-3-4-12-6-17-9-18-13(12)5-11/h3-6,9-10,14-15,21H,7-8H2,1-2H3,(H,19,22)/t14-,15-/m1/s1. The van der Waals surface area contributed by atoms with Crippen molar-refractivity contribution in [2.75, 3.05) is 13.2 Å². The van der Waals surface area contributed by atoms with Crippen molar-refractivity contribution in [2.24, 2.45) is 0 Å². The van der Waals surface area contributed by atoms with Crippen molar-refractivity contribution in [3.05, 3.63) is 36.3 Å². The average molecular weight is 316 g/mol. The Morgan fingerprint density at radius 3 is 2.96 bits per heavy atom. The molecule has 1 aromatic carbocycles. The molecule has 1 aliphatic heterocycles. The van der Waals surface area contributed by atoms with E-state index in [-0.39, 0.29) is 24.6 Å². The van der Waals surface area contributed by atoms with Gasteiger partial charge in [0.15, 0.2) is 0 Å². The first-order chi connectivity index (χ1) is 11.1. The Bertz CT molecular complexity index is 707. The third kappa shape index (κ3) is 3.31. The molecular weight excluding hydrogens is 296 g/mol. The van der Waals surface area contributed by atoms with Gasteiger partial charge in [0.25, 0.3) is 5.91 Å². The van der Waals surface area contributed by atoms with Gasteiger partial charge < -0.3 is 9.84 Å². The van der Waals surface area contributed by atoms with Gasteiger partial charge in [-0.15, -0.1) is 0 Å². The number of carbonyl (C=O) groups excluding carboxylic acids is 1. The second-order valence-corrected chi connectivity index (χ2v) is 5.91. The number of nitrogens with zero attached hydrogens (tertiary/aromatic N) is 3. The number of amides is 1. The van der Waals surface area contributed by atoms with Crippen LogP contribution in [0.1, 0.15) is 24.2 Å². The van der Waals surface area contributed by atoms with Crippen LogP contribution in [0.5, 0.6) is 0 Å². The number of hydrogen-bond acceptors (Lipinski definition) is 6. The van der Waals surface area contributed by atoms with E-state index in [1.165, 1.54) is 6.33 Å². The zero-order chi connectivity index (χ0) is 16.4. The lowest BCUT2D eigenvalue weighted by molar-refractivity contribution is 0.0224. The molecule has 2 N–H and O–H groups in total. The Morgan fingerprint density at radius 2 is 2.26 bits per heavy atom. The van der Waals surface area contributed by atoms with Gasteiger partial charge in [0.1, 0.15) is 6.33 Å². The Balaban J connectivity index is 1.80. The lowest BCUT2D eigenvalue weighted by Gasteiger charge is -2.33. The fourth-order valence-electron chi connectivity index (χ4n) is 2.69. The van der Waals surface area contributed by atoms with Gasteiger partial charge in [-0.1, -0.05) is 6.07 Å². The first kappa shape index (κ1) is 15.8. The summed E-state index contributed by atoms with van der Waals surface area (Å²) in [6, 6.07) is 5.06. The molecule has 1 fully saturated rings. The van der Waals surface area contributed by atoms with Gasteiger partial charge in [0.05, 0.1) is 30.9 Å². The Hall–Kier alpha value is -2.09. The molecule has 23 heavy (non-hydrogen) atoms. The van der Waals surface area contributed by atoms with Crippen molar-refractivity contribution in [3.8, 4) is 0 Å². The lowest BCUT2D eigenvalue weighted by atomic mass is 10.1. The molecule has 1 amide bonds. The third-order valence-corrected chi connectivity index (χ3v) is 3.94. The largest absolute Gasteiger partial charge is 0.389 e. The van der Waals surface area contributed by atoms with E-state index in [4.69, 9.17) is 4.74 Å². The van der Waals surface area contributed by atoms with Crippen LogP contribution >= 0.6 is 0 Å². The summed E-state index contributed by atoms with van der Waals surface area (Å²) in [7, 11) is 0. The fraction of sp³-hybridized carbons (Fsp3) is 0.438. The van der Waals surface area contributed by atoms with Gasteiger partial charge in [-0.2, -0.15) is 0 Å². The number of aromatic nitrogens is 2. The van der Waals surface area contributed by atoms with Crippen molar-refractivity contribution in [3.63, 3.8) is 0 Å². The van der Waals surface area contributed by atoms with Crippen LogP contribution in [0.4, 0.5) is 0 Å². The number of benzene rings is 1. The van der Waals surface area contributed by atoms with Crippen molar-refractivity contribution in [2.45, 2.75) is 32.0 Å². The minimum absolute atomic E-state index is 0.0306. The number of aliphatic hydroxyl groups is 1. The van der Waals surface area contributed by atoms with E-state index < -0.39 is 6.10 Å². The van der Waals surface area contributed by atoms with Crippen molar-refractivity contribution in [1.82, 2.24) is 20.4 Å². The number of rotatable bonds is 4. The van der Waals surface area contributed by atoms with Crippen LogP contribution in [0, 0.1) is 0 Å². The highest BCUT2D eigenvalue weighted by Gasteiger charge is 2.34. The molecule has 122 valence electrons. The van der Waals surface area contributed by atoms with E-state index >= 15 is 0 Å². The molecule has 0 spiro atoms. The maximum absolute atomic E-state index is 12.5. The van der Waals surface area contributed by atoms with Crippen molar-refractivity contribution >= 4 is 16.8 Å². The summed E-state index contributed by atoms with van der Waals surface area (Å²) in [6.45, 7) is 4.60. The zero-order valence-corrected chi connectivity index (χ0v) is 13.1. The van der Waals surface area contributed by atoms with Crippen molar-refractivity contribution in [1.29, 1.82) is 0 Å². The smallest absolute Gasteiger partial charge is 0.265 e.